The minimum atomic E-state index is -0.249. The van der Waals surface area contributed by atoms with E-state index in [0.29, 0.717) is 29.7 Å². The van der Waals surface area contributed by atoms with Gasteiger partial charge in [0.05, 0.1) is 23.8 Å². The van der Waals surface area contributed by atoms with Gasteiger partial charge < -0.3 is 9.88 Å². The molecule has 1 fully saturated rings. The predicted molar refractivity (Wildman–Crippen MR) is 142 cm³/mol. The van der Waals surface area contributed by atoms with Gasteiger partial charge in [0.2, 0.25) is 0 Å². The molecule has 1 aliphatic carbocycles. The molecular weight excluding hydrogens is 471 g/mol. The molecule has 5 rings (SSSR count). The van der Waals surface area contributed by atoms with Gasteiger partial charge in [-0.15, -0.1) is 0 Å². The number of nitrogens with one attached hydrogen (secondary N) is 1. The smallest absolute Gasteiger partial charge is 0.251 e. The maximum Gasteiger partial charge on any atom is 0.251 e. The SMILES string of the molecule is C[C@@H]1[C@H](C)CCC[C@H]1NC(=O)c1ccc(CSc2nc3ccncc3n2Cc2cccc(F)c2)cc1. The highest BCUT2D eigenvalue weighted by Gasteiger charge is 2.28. The molecule has 0 saturated heterocycles. The maximum atomic E-state index is 13.8. The lowest BCUT2D eigenvalue weighted by Crippen LogP contribution is -2.43. The summed E-state index contributed by atoms with van der Waals surface area (Å²) >= 11 is 1.62. The monoisotopic (exact) mass is 502 g/mol. The zero-order valence-electron chi connectivity index (χ0n) is 20.7. The van der Waals surface area contributed by atoms with Crippen LogP contribution >= 0.6 is 11.8 Å². The third kappa shape index (κ3) is 5.46. The Hall–Kier alpha value is -3.19. The Morgan fingerprint density at radius 2 is 1.94 bits per heavy atom. The summed E-state index contributed by atoms with van der Waals surface area (Å²) in [5.41, 5.74) is 4.46. The van der Waals surface area contributed by atoms with Crippen molar-refractivity contribution in [3.63, 3.8) is 0 Å². The first-order chi connectivity index (χ1) is 17.5. The fraction of sp³-hybridized carbons (Fsp3) is 0.345. The second-order valence-corrected chi connectivity index (χ2v) is 10.8. The molecule has 0 spiro atoms. The van der Waals surface area contributed by atoms with E-state index >= 15 is 0 Å². The minimum Gasteiger partial charge on any atom is -0.349 e. The Balaban J connectivity index is 1.27. The number of hydrogen-bond donors (Lipinski definition) is 1. The molecule has 186 valence electrons. The molecule has 1 saturated carbocycles. The van der Waals surface area contributed by atoms with E-state index in [1.807, 2.05) is 36.4 Å². The average molecular weight is 503 g/mol. The van der Waals surface area contributed by atoms with E-state index in [1.54, 1.807) is 36.3 Å². The van der Waals surface area contributed by atoms with Crippen molar-refractivity contribution in [2.45, 2.75) is 56.6 Å². The van der Waals surface area contributed by atoms with Crippen molar-refractivity contribution in [3.8, 4) is 0 Å². The topological polar surface area (TPSA) is 59.8 Å². The van der Waals surface area contributed by atoms with Gasteiger partial charge in [-0.2, -0.15) is 0 Å². The van der Waals surface area contributed by atoms with Crippen LogP contribution in [0.5, 0.6) is 0 Å². The number of carbonyl (C=O) groups excluding carboxylic acids is 1. The van der Waals surface area contributed by atoms with Crippen LogP contribution in [0.2, 0.25) is 0 Å². The van der Waals surface area contributed by atoms with Gasteiger partial charge in [-0.25, -0.2) is 9.37 Å². The molecule has 5 nitrogen and oxygen atoms in total. The van der Waals surface area contributed by atoms with Crippen molar-refractivity contribution in [2.24, 2.45) is 11.8 Å². The molecule has 3 atom stereocenters. The highest BCUT2D eigenvalue weighted by atomic mass is 32.2. The van der Waals surface area contributed by atoms with Crippen LogP contribution in [0.3, 0.4) is 0 Å². The van der Waals surface area contributed by atoms with Gasteiger partial charge in [-0.1, -0.05) is 62.7 Å². The number of thioether (sulfide) groups is 1. The van der Waals surface area contributed by atoms with E-state index in [9.17, 15) is 9.18 Å². The van der Waals surface area contributed by atoms with Gasteiger partial charge in [0.25, 0.3) is 5.91 Å². The molecule has 0 bridgehead atoms. The van der Waals surface area contributed by atoms with E-state index in [1.165, 1.54) is 18.9 Å². The molecular formula is C29H31FN4OS. The fourth-order valence-electron chi connectivity index (χ4n) is 4.97. The molecule has 2 aromatic heterocycles. The van der Waals surface area contributed by atoms with E-state index in [4.69, 9.17) is 4.98 Å². The van der Waals surface area contributed by atoms with E-state index in [-0.39, 0.29) is 17.8 Å². The van der Waals surface area contributed by atoms with Crippen LogP contribution in [-0.4, -0.2) is 26.5 Å². The zero-order valence-corrected chi connectivity index (χ0v) is 21.5. The van der Waals surface area contributed by atoms with Gasteiger partial charge >= 0.3 is 0 Å². The predicted octanol–water partition coefficient (Wildman–Crippen LogP) is 6.47. The normalized spacial score (nSPS) is 19.9. The van der Waals surface area contributed by atoms with Crippen LogP contribution in [-0.2, 0) is 12.3 Å². The minimum absolute atomic E-state index is 0.00420. The third-order valence-electron chi connectivity index (χ3n) is 7.35. The zero-order chi connectivity index (χ0) is 25.1. The Morgan fingerprint density at radius 1 is 1.11 bits per heavy atom. The summed E-state index contributed by atoms with van der Waals surface area (Å²) in [5.74, 6) is 1.61. The summed E-state index contributed by atoms with van der Waals surface area (Å²) in [7, 11) is 0. The molecule has 1 N–H and O–H groups in total. The quantitative estimate of drug-likeness (QED) is 0.295. The Morgan fingerprint density at radius 3 is 2.75 bits per heavy atom. The Bertz CT molecular complexity index is 1350. The molecule has 0 aliphatic heterocycles. The average Bonchev–Trinajstić information content (AvgIpc) is 3.23. The second kappa shape index (κ2) is 10.8. The van der Waals surface area contributed by atoms with Crippen molar-refractivity contribution in [2.75, 3.05) is 0 Å². The lowest BCUT2D eigenvalue weighted by Gasteiger charge is -2.34. The van der Waals surface area contributed by atoms with Crippen molar-refractivity contribution in [1.82, 2.24) is 19.9 Å². The molecule has 1 aliphatic rings. The molecule has 2 aromatic carbocycles. The third-order valence-corrected chi connectivity index (χ3v) is 8.40. The summed E-state index contributed by atoms with van der Waals surface area (Å²) in [6, 6.07) is 16.6. The van der Waals surface area contributed by atoms with E-state index in [0.717, 1.165) is 33.7 Å². The van der Waals surface area contributed by atoms with Crippen LogP contribution in [0.4, 0.5) is 4.39 Å². The number of halogens is 1. The Labute approximate surface area is 215 Å². The number of fused-ring (bicyclic) bond motifs is 1. The summed E-state index contributed by atoms with van der Waals surface area (Å²) in [6.45, 7) is 5.03. The maximum absolute atomic E-state index is 13.8. The largest absolute Gasteiger partial charge is 0.349 e. The molecule has 7 heteroatoms. The fourth-order valence-corrected chi connectivity index (χ4v) is 5.94. The van der Waals surface area contributed by atoms with Gasteiger partial charge in [0.1, 0.15) is 5.82 Å². The van der Waals surface area contributed by atoms with Crippen LogP contribution in [0, 0.1) is 17.7 Å². The number of imidazole rings is 1. The summed E-state index contributed by atoms with van der Waals surface area (Å²) in [6.07, 6.45) is 7.00. The van der Waals surface area contributed by atoms with Crippen molar-refractivity contribution in [3.05, 3.63) is 89.5 Å². The van der Waals surface area contributed by atoms with E-state index < -0.39 is 0 Å². The van der Waals surface area contributed by atoms with Gasteiger partial charge in [0.15, 0.2) is 5.16 Å². The van der Waals surface area contributed by atoms with Crippen molar-refractivity contribution in [1.29, 1.82) is 0 Å². The molecule has 2 heterocycles. The number of pyridine rings is 1. The van der Waals surface area contributed by atoms with Gasteiger partial charge in [-0.3, -0.25) is 9.78 Å². The first-order valence-corrected chi connectivity index (χ1v) is 13.5. The lowest BCUT2D eigenvalue weighted by molar-refractivity contribution is 0.0891. The second-order valence-electron chi connectivity index (χ2n) is 9.81. The summed E-state index contributed by atoms with van der Waals surface area (Å²) in [4.78, 5) is 21.9. The standard InChI is InChI=1S/C29H31FN4OS/c1-19-5-3-8-25(20(19)2)32-28(35)23-11-9-21(10-12-23)18-36-29-33-26-13-14-31-16-27(26)34(29)17-22-6-4-7-24(30)15-22/h4,6-7,9-16,19-20,25H,3,5,8,17-18H2,1-2H3,(H,32,35)/t19-,20-,25-/m1/s1. The number of benzene rings is 2. The van der Waals surface area contributed by atoms with Crippen LogP contribution in [0.25, 0.3) is 11.0 Å². The number of aromatic nitrogens is 3. The molecule has 0 unspecified atom stereocenters. The lowest BCUT2D eigenvalue weighted by atomic mass is 9.78. The number of amides is 1. The van der Waals surface area contributed by atoms with Crippen LogP contribution in [0.15, 0.2) is 72.1 Å². The van der Waals surface area contributed by atoms with Crippen molar-refractivity contribution >= 4 is 28.7 Å². The first kappa shape index (κ1) is 24.5. The summed E-state index contributed by atoms with van der Waals surface area (Å²) in [5, 5.41) is 4.10. The van der Waals surface area contributed by atoms with Crippen molar-refractivity contribution < 1.29 is 9.18 Å². The Kier molecular flexibility index (Phi) is 7.37. The van der Waals surface area contributed by atoms with E-state index in [2.05, 4.69) is 28.7 Å². The highest BCUT2D eigenvalue weighted by molar-refractivity contribution is 7.98. The molecule has 36 heavy (non-hydrogen) atoms. The summed E-state index contributed by atoms with van der Waals surface area (Å²) < 4.78 is 15.8. The number of carbonyl (C=O) groups is 1. The molecule has 0 radical (unpaired) electrons. The van der Waals surface area contributed by atoms with Crippen LogP contribution in [0.1, 0.15) is 54.6 Å². The molecule has 4 aromatic rings. The number of hydrogen-bond acceptors (Lipinski definition) is 4. The number of nitrogens with zero attached hydrogens (tertiary/aromatic N) is 3. The molecule has 1 amide bonds. The first-order valence-electron chi connectivity index (χ1n) is 12.6. The van der Waals surface area contributed by atoms with Gasteiger partial charge in [-0.05, 0) is 59.7 Å². The highest BCUT2D eigenvalue weighted by Crippen LogP contribution is 2.30. The number of rotatable bonds is 7. The van der Waals surface area contributed by atoms with Crippen LogP contribution < -0.4 is 5.32 Å². The van der Waals surface area contributed by atoms with Gasteiger partial charge in [0, 0.05) is 23.6 Å².